The van der Waals surface area contributed by atoms with Gasteiger partial charge in [0.15, 0.2) is 11.5 Å². The first-order chi connectivity index (χ1) is 10.7. The summed E-state index contributed by atoms with van der Waals surface area (Å²) in [5.41, 5.74) is 2.21. The number of hydrogen-bond donors (Lipinski definition) is 1. The quantitative estimate of drug-likeness (QED) is 0.890. The van der Waals surface area contributed by atoms with E-state index in [2.05, 4.69) is 5.32 Å². The number of amides is 1. The number of ether oxygens (including phenoxy) is 3. The highest BCUT2D eigenvalue weighted by molar-refractivity contribution is 6.04. The van der Waals surface area contributed by atoms with E-state index in [4.69, 9.17) is 14.2 Å². The summed E-state index contributed by atoms with van der Waals surface area (Å²) in [7, 11) is 4.72. The van der Waals surface area contributed by atoms with E-state index in [1.165, 1.54) is 7.11 Å². The minimum Gasteiger partial charge on any atom is -0.493 e. The van der Waals surface area contributed by atoms with Crippen LogP contribution in [0.1, 0.15) is 15.9 Å². The normalized spacial score (nSPS) is 10.1. The molecule has 2 aromatic rings. The second kappa shape index (κ2) is 7.47. The SMILES string of the molecule is COCc1cccc(NC(=O)c2ccc(OC)c(OC)c2)c1. The lowest BCUT2D eigenvalue weighted by Crippen LogP contribution is -2.12. The Morgan fingerprint density at radius 1 is 1.00 bits per heavy atom. The zero-order valence-corrected chi connectivity index (χ0v) is 12.9. The molecule has 22 heavy (non-hydrogen) atoms. The van der Waals surface area contributed by atoms with Crippen molar-refractivity contribution in [3.05, 3.63) is 53.6 Å². The van der Waals surface area contributed by atoms with E-state index in [1.54, 1.807) is 32.4 Å². The molecule has 2 rings (SSSR count). The lowest BCUT2D eigenvalue weighted by Gasteiger charge is -2.10. The summed E-state index contributed by atoms with van der Waals surface area (Å²) in [6, 6.07) is 12.6. The molecule has 0 spiro atoms. The van der Waals surface area contributed by atoms with E-state index in [-0.39, 0.29) is 5.91 Å². The summed E-state index contributed by atoms with van der Waals surface area (Å²) >= 11 is 0. The number of anilines is 1. The molecule has 0 bridgehead atoms. The van der Waals surface area contributed by atoms with Crippen molar-refractivity contribution in [1.82, 2.24) is 0 Å². The van der Waals surface area contributed by atoms with Gasteiger partial charge < -0.3 is 19.5 Å². The fraction of sp³-hybridized carbons (Fsp3) is 0.235. The summed E-state index contributed by atoms with van der Waals surface area (Å²) in [6.45, 7) is 0.500. The fourth-order valence-electron chi connectivity index (χ4n) is 2.09. The maximum absolute atomic E-state index is 12.3. The molecule has 0 aliphatic carbocycles. The zero-order chi connectivity index (χ0) is 15.9. The molecule has 0 radical (unpaired) electrons. The molecule has 116 valence electrons. The molecular formula is C17H19NO4. The van der Waals surface area contributed by atoms with Crippen LogP contribution < -0.4 is 14.8 Å². The van der Waals surface area contributed by atoms with Crippen LogP contribution >= 0.6 is 0 Å². The Morgan fingerprint density at radius 3 is 2.45 bits per heavy atom. The highest BCUT2D eigenvalue weighted by Gasteiger charge is 2.11. The smallest absolute Gasteiger partial charge is 0.255 e. The summed E-state index contributed by atoms with van der Waals surface area (Å²) in [5.74, 6) is 0.889. The molecule has 0 saturated heterocycles. The van der Waals surface area contributed by atoms with Gasteiger partial charge in [-0.25, -0.2) is 0 Å². The minimum atomic E-state index is -0.212. The van der Waals surface area contributed by atoms with Crippen LogP contribution in [-0.2, 0) is 11.3 Å². The van der Waals surface area contributed by atoms with Gasteiger partial charge in [0.2, 0.25) is 0 Å². The van der Waals surface area contributed by atoms with E-state index in [0.29, 0.717) is 29.4 Å². The number of carbonyl (C=O) groups is 1. The Morgan fingerprint density at radius 2 is 1.77 bits per heavy atom. The minimum absolute atomic E-state index is 0.212. The number of rotatable bonds is 6. The first-order valence-corrected chi connectivity index (χ1v) is 6.79. The van der Waals surface area contributed by atoms with Crippen molar-refractivity contribution in [3.8, 4) is 11.5 Å². The van der Waals surface area contributed by atoms with E-state index in [1.807, 2.05) is 24.3 Å². The molecule has 0 aliphatic rings. The molecule has 1 amide bonds. The third-order valence-corrected chi connectivity index (χ3v) is 3.14. The van der Waals surface area contributed by atoms with Gasteiger partial charge in [0.1, 0.15) is 0 Å². The average Bonchev–Trinajstić information content (AvgIpc) is 2.54. The lowest BCUT2D eigenvalue weighted by molar-refractivity contribution is 0.102. The molecule has 2 aromatic carbocycles. The summed E-state index contributed by atoms with van der Waals surface area (Å²) in [6.07, 6.45) is 0. The van der Waals surface area contributed by atoms with Crippen LogP contribution in [0, 0.1) is 0 Å². The molecular weight excluding hydrogens is 282 g/mol. The van der Waals surface area contributed by atoms with Crippen LogP contribution in [-0.4, -0.2) is 27.2 Å². The van der Waals surface area contributed by atoms with E-state index >= 15 is 0 Å². The predicted molar refractivity (Wildman–Crippen MR) is 84.7 cm³/mol. The third-order valence-electron chi connectivity index (χ3n) is 3.14. The highest BCUT2D eigenvalue weighted by Crippen LogP contribution is 2.27. The van der Waals surface area contributed by atoms with Gasteiger partial charge in [0.05, 0.1) is 20.8 Å². The van der Waals surface area contributed by atoms with E-state index < -0.39 is 0 Å². The average molecular weight is 301 g/mol. The summed E-state index contributed by atoms with van der Waals surface area (Å²) < 4.78 is 15.5. The van der Waals surface area contributed by atoms with E-state index in [0.717, 1.165) is 5.56 Å². The van der Waals surface area contributed by atoms with Crippen LogP contribution in [0.15, 0.2) is 42.5 Å². The fourth-order valence-corrected chi connectivity index (χ4v) is 2.09. The molecule has 0 unspecified atom stereocenters. The van der Waals surface area contributed by atoms with Crippen LogP contribution in [0.2, 0.25) is 0 Å². The number of hydrogen-bond acceptors (Lipinski definition) is 4. The lowest BCUT2D eigenvalue weighted by atomic mass is 10.1. The second-order valence-corrected chi connectivity index (χ2v) is 4.66. The molecule has 0 saturated carbocycles. The largest absolute Gasteiger partial charge is 0.493 e. The van der Waals surface area contributed by atoms with Crippen molar-refractivity contribution < 1.29 is 19.0 Å². The molecule has 5 nitrogen and oxygen atoms in total. The Labute approximate surface area is 129 Å². The zero-order valence-electron chi connectivity index (χ0n) is 12.9. The highest BCUT2D eigenvalue weighted by atomic mass is 16.5. The van der Waals surface area contributed by atoms with E-state index in [9.17, 15) is 4.79 Å². The maximum atomic E-state index is 12.3. The van der Waals surface area contributed by atoms with Crippen molar-refractivity contribution in [2.75, 3.05) is 26.6 Å². The van der Waals surface area contributed by atoms with Gasteiger partial charge in [-0.1, -0.05) is 12.1 Å². The molecule has 1 N–H and O–H groups in total. The Bertz CT molecular complexity index is 655. The van der Waals surface area contributed by atoms with Gasteiger partial charge in [-0.05, 0) is 35.9 Å². The Kier molecular flexibility index (Phi) is 5.38. The standard InChI is InChI=1S/C17H19NO4/c1-20-11-12-5-4-6-14(9-12)18-17(19)13-7-8-15(21-2)16(10-13)22-3/h4-10H,11H2,1-3H3,(H,18,19). The van der Waals surface area contributed by atoms with Crippen LogP contribution in [0.5, 0.6) is 11.5 Å². The Balaban J connectivity index is 2.16. The number of carbonyl (C=O) groups excluding carboxylic acids is 1. The summed E-state index contributed by atoms with van der Waals surface area (Å²) in [5, 5.41) is 2.85. The first kappa shape index (κ1) is 15.9. The van der Waals surface area contributed by atoms with Gasteiger partial charge in [-0.3, -0.25) is 4.79 Å². The second-order valence-electron chi connectivity index (χ2n) is 4.66. The predicted octanol–water partition coefficient (Wildman–Crippen LogP) is 3.10. The van der Waals surface area contributed by atoms with Crippen molar-refractivity contribution >= 4 is 11.6 Å². The van der Waals surface area contributed by atoms with Gasteiger partial charge in [0.25, 0.3) is 5.91 Å². The maximum Gasteiger partial charge on any atom is 0.255 e. The third kappa shape index (κ3) is 3.77. The number of methoxy groups -OCH3 is 3. The van der Waals surface area contributed by atoms with Crippen LogP contribution in [0.25, 0.3) is 0 Å². The van der Waals surface area contributed by atoms with Gasteiger partial charge in [-0.2, -0.15) is 0 Å². The molecule has 0 atom stereocenters. The monoisotopic (exact) mass is 301 g/mol. The van der Waals surface area contributed by atoms with Crippen molar-refractivity contribution in [3.63, 3.8) is 0 Å². The van der Waals surface area contributed by atoms with Gasteiger partial charge >= 0.3 is 0 Å². The van der Waals surface area contributed by atoms with Crippen molar-refractivity contribution in [1.29, 1.82) is 0 Å². The van der Waals surface area contributed by atoms with Gasteiger partial charge in [0, 0.05) is 18.4 Å². The van der Waals surface area contributed by atoms with Crippen LogP contribution in [0.3, 0.4) is 0 Å². The topological polar surface area (TPSA) is 56.8 Å². The van der Waals surface area contributed by atoms with Crippen LogP contribution in [0.4, 0.5) is 5.69 Å². The summed E-state index contributed by atoms with van der Waals surface area (Å²) in [4.78, 5) is 12.3. The van der Waals surface area contributed by atoms with Crippen molar-refractivity contribution in [2.24, 2.45) is 0 Å². The molecule has 0 fully saturated rings. The molecule has 0 heterocycles. The molecule has 5 heteroatoms. The Hall–Kier alpha value is -2.53. The molecule has 0 aromatic heterocycles. The van der Waals surface area contributed by atoms with Crippen molar-refractivity contribution in [2.45, 2.75) is 6.61 Å². The molecule has 0 aliphatic heterocycles. The number of nitrogens with one attached hydrogen (secondary N) is 1. The van der Waals surface area contributed by atoms with Gasteiger partial charge in [-0.15, -0.1) is 0 Å². The first-order valence-electron chi connectivity index (χ1n) is 6.79. The number of benzene rings is 2.